The smallest absolute Gasteiger partial charge is 0.297 e. The van der Waals surface area contributed by atoms with Crippen LogP contribution in [-0.4, -0.2) is 63.9 Å². The molecule has 0 bridgehead atoms. The van der Waals surface area contributed by atoms with Crippen molar-refractivity contribution in [2.75, 3.05) is 6.54 Å². The van der Waals surface area contributed by atoms with E-state index in [1.807, 2.05) is 72.2 Å². The first-order valence-corrected chi connectivity index (χ1v) is 19.7. The number of fused-ring (bicyclic) bond motifs is 3. The van der Waals surface area contributed by atoms with Crippen LogP contribution in [0.15, 0.2) is 66.7 Å². The molecule has 1 aromatic heterocycles. The minimum Gasteiger partial charge on any atom is -0.459 e. The number of nitrogens with one attached hydrogen (secondary N) is 1. The highest BCUT2D eigenvalue weighted by Gasteiger charge is 2.62. The quantitative estimate of drug-likeness (QED) is 0.297. The van der Waals surface area contributed by atoms with Crippen molar-refractivity contribution in [1.29, 1.82) is 0 Å². The highest BCUT2D eigenvalue weighted by Crippen LogP contribution is 2.57. The Morgan fingerprint density at radius 3 is 2.56 bits per heavy atom. The topological polar surface area (TPSA) is 128 Å². The van der Waals surface area contributed by atoms with Crippen LogP contribution in [0.3, 0.4) is 0 Å². The summed E-state index contributed by atoms with van der Waals surface area (Å²) in [4.78, 5) is 49.4. The molecule has 2 amide bonds. The molecule has 4 aliphatic rings. The Morgan fingerprint density at radius 2 is 1.80 bits per heavy atom. The van der Waals surface area contributed by atoms with Gasteiger partial charge in [-0.2, -0.15) is 4.98 Å². The number of carbonyl (C=O) groups is 3. The maximum Gasteiger partial charge on any atom is 0.297 e. The van der Waals surface area contributed by atoms with Crippen LogP contribution in [-0.2, 0) is 37.4 Å². The van der Waals surface area contributed by atoms with Crippen LogP contribution in [0.5, 0.6) is 6.01 Å². The molecule has 3 fully saturated rings. The summed E-state index contributed by atoms with van der Waals surface area (Å²) in [6, 6.07) is 17.4. The molecule has 0 radical (unpaired) electrons. The van der Waals surface area contributed by atoms with Crippen molar-refractivity contribution in [2.45, 2.75) is 108 Å². The number of sulfonamides is 1. The molecule has 0 unspecified atom stereocenters. The number of ether oxygens (including phenoxy) is 1. The maximum atomic E-state index is 14.6. The Kier molecular flexibility index (Phi) is 9.39. The van der Waals surface area contributed by atoms with Crippen molar-refractivity contribution in [3.8, 4) is 6.01 Å². The van der Waals surface area contributed by atoms with Gasteiger partial charge < -0.3 is 9.64 Å². The monoisotopic (exact) mass is 700 g/mol. The van der Waals surface area contributed by atoms with E-state index in [9.17, 15) is 22.8 Å². The Morgan fingerprint density at radius 1 is 1.04 bits per heavy atom. The summed E-state index contributed by atoms with van der Waals surface area (Å²) in [5, 5.41) is 0. The van der Waals surface area contributed by atoms with E-state index in [0.29, 0.717) is 44.7 Å². The fourth-order valence-electron chi connectivity index (χ4n) is 7.92. The summed E-state index contributed by atoms with van der Waals surface area (Å²) in [6.45, 7) is 4.53. The van der Waals surface area contributed by atoms with Gasteiger partial charge in [-0.3, -0.25) is 23.7 Å². The molecule has 2 aliphatic heterocycles. The van der Waals surface area contributed by atoms with Gasteiger partial charge in [0, 0.05) is 25.3 Å². The van der Waals surface area contributed by atoms with Gasteiger partial charge in [-0.1, -0.05) is 67.5 Å². The third-order valence-corrected chi connectivity index (χ3v) is 13.7. The highest BCUT2D eigenvalue weighted by atomic mass is 32.2. The first-order chi connectivity index (χ1) is 24.0. The van der Waals surface area contributed by atoms with Gasteiger partial charge in [0.1, 0.15) is 6.10 Å². The minimum absolute atomic E-state index is 0.0784. The van der Waals surface area contributed by atoms with Crippen LogP contribution in [0, 0.1) is 17.3 Å². The largest absolute Gasteiger partial charge is 0.459 e. The lowest BCUT2D eigenvalue weighted by Crippen LogP contribution is -2.47. The minimum atomic E-state index is -3.88. The number of allylic oxidation sites excluding steroid dienone is 2. The Bertz CT molecular complexity index is 1900. The molecular formula is C39H48N4O6S. The first kappa shape index (κ1) is 34.5. The van der Waals surface area contributed by atoms with Crippen LogP contribution in [0.4, 0.5) is 0 Å². The molecule has 3 aromatic rings. The average Bonchev–Trinajstić information content (AvgIpc) is 3.93. The molecule has 266 valence electrons. The van der Waals surface area contributed by atoms with Crippen molar-refractivity contribution in [2.24, 2.45) is 17.3 Å². The van der Waals surface area contributed by atoms with Gasteiger partial charge in [-0.25, -0.2) is 8.42 Å². The molecule has 1 saturated heterocycles. The molecule has 1 N–H and O–H groups in total. The van der Waals surface area contributed by atoms with Crippen LogP contribution in [0.1, 0.15) is 83.6 Å². The number of amides is 2. The zero-order chi connectivity index (χ0) is 35.1. The molecule has 2 saturated carbocycles. The number of aromatic nitrogens is 2. The Hall–Kier alpha value is -3.99. The lowest BCUT2D eigenvalue weighted by atomic mass is 9.90. The van der Waals surface area contributed by atoms with Crippen LogP contribution in [0.25, 0.3) is 11.0 Å². The van der Waals surface area contributed by atoms with Crippen molar-refractivity contribution >= 4 is 38.7 Å². The van der Waals surface area contributed by atoms with E-state index in [2.05, 4.69) is 10.8 Å². The predicted molar refractivity (Wildman–Crippen MR) is 191 cm³/mol. The number of aryl methyl sites for hydroxylation is 1. The molecule has 50 heavy (non-hydrogen) atoms. The van der Waals surface area contributed by atoms with Gasteiger partial charge in [0.05, 0.1) is 33.8 Å². The number of nitrogens with zero attached hydrogens (tertiary/aromatic N) is 3. The summed E-state index contributed by atoms with van der Waals surface area (Å²) in [6.07, 6.45) is 9.99. The van der Waals surface area contributed by atoms with Gasteiger partial charge >= 0.3 is 0 Å². The van der Waals surface area contributed by atoms with E-state index in [-0.39, 0.29) is 42.9 Å². The lowest BCUT2D eigenvalue weighted by Gasteiger charge is -2.29. The third-order valence-electron chi connectivity index (χ3n) is 11.5. The highest BCUT2D eigenvalue weighted by molar-refractivity contribution is 7.91. The number of rotatable bonds is 8. The number of hydrogen-bond acceptors (Lipinski definition) is 7. The molecule has 0 spiro atoms. The zero-order valence-corrected chi connectivity index (χ0v) is 29.9. The number of hydrogen-bond donors (Lipinski definition) is 1. The second-order valence-electron chi connectivity index (χ2n) is 15.1. The van der Waals surface area contributed by atoms with Crippen molar-refractivity contribution in [3.63, 3.8) is 0 Å². The zero-order valence-electron chi connectivity index (χ0n) is 29.1. The van der Waals surface area contributed by atoms with Crippen molar-refractivity contribution in [1.82, 2.24) is 19.2 Å². The fourth-order valence-corrected chi connectivity index (χ4v) is 9.25. The number of carbonyl (C=O) groups excluding carboxylic acids is 3. The van der Waals surface area contributed by atoms with E-state index in [1.54, 1.807) is 11.8 Å². The van der Waals surface area contributed by atoms with Crippen LogP contribution in [0.2, 0.25) is 0 Å². The van der Waals surface area contributed by atoms with E-state index in [4.69, 9.17) is 9.72 Å². The van der Waals surface area contributed by atoms with Gasteiger partial charge in [0.15, 0.2) is 5.78 Å². The maximum absolute atomic E-state index is 14.6. The molecule has 2 aromatic carbocycles. The summed E-state index contributed by atoms with van der Waals surface area (Å²) in [5.41, 5.74) is 1.66. The van der Waals surface area contributed by atoms with Crippen molar-refractivity contribution in [3.05, 3.63) is 72.3 Å². The molecule has 10 nitrogen and oxygen atoms in total. The predicted octanol–water partition coefficient (Wildman–Crippen LogP) is 5.75. The van der Waals surface area contributed by atoms with Crippen LogP contribution >= 0.6 is 0 Å². The van der Waals surface area contributed by atoms with Crippen LogP contribution < -0.4 is 9.46 Å². The molecule has 2 aliphatic carbocycles. The number of benzene rings is 2. The summed E-state index contributed by atoms with van der Waals surface area (Å²) < 4.78 is 36.2. The van der Waals surface area contributed by atoms with Crippen molar-refractivity contribution < 1.29 is 27.5 Å². The van der Waals surface area contributed by atoms with Gasteiger partial charge in [0.2, 0.25) is 21.8 Å². The average molecular weight is 701 g/mol. The summed E-state index contributed by atoms with van der Waals surface area (Å²) in [7, 11) is -3.88. The van der Waals surface area contributed by atoms with E-state index in [1.165, 1.54) is 0 Å². The second kappa shape index (κ2) is 13.6. The van der Waals surface area contributed by atoms with E-state index < -0.39 is 38.2 Å². The number of ketones is 1. The second-order valence-corrected chi connectivity index (χ2v) is 17.3. The molecule has 11 heteroatoms. The molecular weight excluding hydrogens is 653 g/mol. The third kappa shape index (κ3) is 6.73. The number of para-hydroxylation sites is 2. The number of Topliss-reactive ketones (excluding diaryl/α,β-unsaturated/α-hetero) is 1. The molecule has 5 atom stereocenters. The Labute approximate surface area is 294 Å². The van der Waals surface area contributed by atoms with Gasteiger partial charge in [0.25, 0.3) is 6.01 Å². The van der Waals surface area contributed by atoms with E-state index >= 15 is 0 Å². The Balaban J connectivity index is 1.20. The first-order valence-electron chi connectivity index (χ1n) is 18.3. The summed E-state index contributed by atoms with van der Waals surface area (Å²) in [5.74, 6) is -1.48. The molecule has 7 rings (SSSR count). The van der Waals surface area contributed by atoms with Gasteiger partial charge in [-0.05, 0) is 82.4 Å². The van der Waals surface area contributed by atoms with E-state index in [0.717, 1.165) is 42.3 Å². The lowest BCUT2D eigenvalue weighted by molar-refractivity contribution is -0.142. The van der Waals surface area contributed by atoms with Gasteiger partial charge in [-0.15, -0.1) is 0 Å². The number of imidazole rings is 1. The SMILES string of the molecule is CCn1c(O[C@@H]2C[C@H]3C(=O)C[C@]4(C(=O)NS(=O)(=O)C5(C)CC5)C[C@@H]4/C=C\CCCCC[C@H](Cc4ccccc4)C(=O)N3C2)nc2ccccc21. The normalized spacial score (nSPS) is 29.0. The fraction of sp³-hybridized carbons (Fsp3) is 0.538. The molecule has 3 heterocycles. The summed E-state index contributed by atoms with van der Waals surface area (Å²) >= 11 is 0. The standard InChI is InChI=1S/C39H48N4O6S/c1-3-42-32-19-13-12-18-31(32)40-37(42)49-30-23-33-34(44)25-39(36(46)41-50(47,48)38(2)20-21-38)24-29(39)17-11-6-4-5-10-16-28(35(45)43(33)26-30)22-27-14-8-7-9-15-27/h7-9,11-15,17-19,28-30,33H,3-6,10,16,20-26H2,1-2H3,(H,41,46)/b17-11-/t28-,29+,30-,33+,39-/m1/s1.